The quantitative estimate of drug-likeness (QED) is 0.256. The SMILES string of the molecule is CC(C)(C)OC(=O)N(N)[C]=O. The molecule has 0 rings (SSSR count). The number of amides is 2. The summed E-state index contributed by atoms with van der Waals surface area (Å²) in [6.07, 6.45) is 0.264. The molecular formula is C6H11N2O3. The van der Waals surface area contributed by atoms with E-state index in [4.69, 9.17) is 5.84 Å². The average Bonchev–Trinajstić information content (AvgIpc) is 1.82. The summed E-state index contributed by atoms with van der Waals surface area (Å²) in [5, 5.41) is 0.227. The highest BCUT2D eigenvalue weighted by molar-refractivity contribution is 5.79. The van der Waals surface area contributed by atoms with Crippen LogP contribution < -0.4 is 5.84 Å². The van der Waals surface area contributed by atoms with E-state index in [1.165, 1.54) is 6.41 Å². The van der Waals surface area contributed by atoms with E-state index >= 15 is 0 Å². The highest BCUT2D eigenvalue weighted by atomic mass is 16.6. The maximum absolute atomic E-state index is 10.7. The van der Waals surface area contributed by atoms with Gasteiger partial charge in [0.1, 0.15) is 5.60 Å². The minimum atomic E-state index is -0.910. The highest BCUT2D eigenvalue weighted by Crippen LogP contribution is 2.07. The number of hydrazine groups is 1. The Balaban J connectivity index is 3.98. The first-order valence-corrected chi connectivity index (χ1v) is 3.02. The average molecular weight is 159 g/mol. The maximum atomic E-state index is 10.7. The molecule has 0 unspecified atom stereocenters. The number of ether oxygens (including phenoxy) is 1. The van der Waals surface area contributed by atoms with Crippen LogP contribution in [0.1, 0.15) is 20.8 Å². The zero-order valence-corrected chi connectivity index (χ0v) is 6.75. The van der Waals surface area contributed by atoms with Gasteiger partial charge in [0.25, 0.3) is 0 Å². The summed E-state index contributed by atoms with van der Waals surface area (Å²) < 4.78 is 4.69. The second kappa shape index (κ2) is 3.34. The second-order valence-electron chi connectivity index (χ2n) is 2.94. The molecule has 0 aromatic rings. The Hall–Kier alpha value is -1.10. The number of hydrogen-bond acceptors (Lipinski definition) is 4. The Morgan fingerprint density at radius 3 is 2.27 bits per heavy atom. The Kier molecular flexibility index (Phi) is 3.00. The smallest absolute Gasteiger partial charge is 0.432 e. The molecule has 5 nitrogen and oxygen atoms in total. The zero-order valence-electron chi connectivity index (χ0n) is 6.75. The third-order valence-corrected chi connectivity index (χ3v) is 0.689. The molecule has 11 heavy (non-hydrogen) atoms. The molecule has 0 bridgehead atoms. The third kappa shape index (κ3) is 4.32. The fourth-order valence-electron chi connectivity index (χ4n) is 0.348. The van der Waals surface area contributed by atoms with Crippen LogP contribution in [0.15, 0.2) is 0 Å². The lowest BCUT2D eigenvalue weighted by Crippen LogP contribution is -2.40. The molecule has 0 aliphatic heterocycles. The molecule has 0 aromatic heterocycles. The van der Waals surface area contributed by atoms with Gasteiger partial charge in [-0.2, -0.15) is 5.01 Å². The minimum absolute atomic E-state index is 0.227. The molecule has 63 valence electrons. The van der Waals surface area contributed by atoms with Crippen molar-refractivity contribution in [1.82, 2.24) is 5.01 Å². The fraction of sp³-hybridized carbons (Fsp3) is 0.667. The van der Waals surface area contributed by atoms with Gasteiger partial charge in [-0.3, -0.25) is 4.79 Å². The van der Waals surface area contributed by atoms with Crippen molar-refractivity contribution in [3.05, 3.63) is 0 Å². The van der Waals surface area contributed by atoms with Crippen LogP contribution in [-0.4, -0.2) is 23.1 Å². The summed E-state index contributed by atoms with van der Waals surface area (Å²) in [6, 6.07) is 0. The normalized spacial score (nSPS) is 10.5. The standard InChI is InChI=1S/C6H11N2O3/c1-6(2,3)11-5(10)8(7)4-9/h7H2,1-3H3. The van der Waals surface area contributed by atoms with E-state index in [0.717, 1.165) is 0 Å². The van der Waals surface area contributed by atoms with E-state index in [1.54, 1.807) is 20.8 Å². The van der Waals surface area contributed by atoms with E-state index < -0.39 is 11.7 Å². The largest absolute Gasteiger partial charge is 0.442 e. The first-order valence-electron chi connectivity index (χ1n) is 3.02. The van der Waals surface area contributed by atoms with Gasteiger partial charge in [0.2, 0.25) is 0 Å². The van der Waals surface area contributed by atoms with Gasteiger partial charge in [0.15, 0.2) is 0 Å². The monoisotopic (exact) mass is 159 g/mol. The van der Waals surface area contributed by atoms with Crippen molar-refractivity contribution in [2.75, 3.05) is 0 Å². The molecule has 0 aromatic carbocycles. The van der Waals surface area contributed by atoms with Crippen LogP contribution in [0, 0.1) is 0 Å². The molecule has 0 heterocycles. The van der Waals surface area contributed by atoms with Crippen LogP contribution >= 0.6 is 0 Å². The molecule has 0 saturated heterocycles. The molecule has 0 aliphatic rings. The summed E-state index contributed by atoms with van der Waals surface area (Å²) in [7, 11) is 0. The van der Waals surface area contributed by atoms with Crippen molar-refractivity contribution >= 4 is 12.5 Å². The Morgan fingerprint density at radius 1 is 1.55 bits per heavy atom. The number of imide groups is 1. The van der Waals surface area contributed by atoms with Crippen LogP contribution in [0.25, 0.3) is 0 Å². The van der Waals surface area contributed by atoms with Crippen LogP contribution in [0.4, 0.5) is 4.79 Å². The topological polar surface area (TPSA) is 72.6 Å². The molecule has 0 saturated carbocycles. The van der Waals surface area contributed by atoms with E-state index in [2.05, 4.69) is 4.74 Å². The number of nitrogens with two attached hydrogens (primary N) is 1. The Labute approximate surface area is 65.1 Å². The van der Waals surface area contributed by atoms with Crippen LogP contribution in [0.2, 0.25) is 0 Å². The van der Waals surface area contributed by atoms with Gasteiger partial charge in [-0.05, 0) is 20.8 Å². The predicted octanol–water partition coefficient (Wildman–Crippen LogP) is 0.164. The Bertz CT molecular complexity index is 162. The van der Waals surface area contributed by atoms with Crippen LogP contribution in [0.5, 0.6) is 0 Å². The van der Waals surface area contributed by atoms with Crippen molar-refractivity contribution in [3.8, 4) is 0 Å². The number of rotatable bonds is 1. The predicted molar refractivity (Wildman–Crippen MR) is 38.0 cm³/mol. The zero-order chi connectivity index (χ0) is 9.07. The molecule has 0 spiro atoms. The van der Waals surface area contributed by atoms with Crippen LogP contribution in [-0.2, 0) is 9.53 Å². The van der Waals surface area contributed by atoms with Crippen molar-refractivity contribution < 1.29 is 14.3 Å². The summed E-state index contributed by atoms with van der Waals surface area (Å²) >= 11 is 0. The molecule has 1 radical (unpaired) electrons. The van der Waals surface area contributed by atoms with E-state index in [0.29, 0.717) is 0 Å². The van der Waals surface area contributed by atoms with Gasteiger partial charge >= 0.3 is 12.5 Å². The summed E-state index contributed by atoms with van der Waals surface area (Å²) in [5.41, 5.74) is -0.647. The third-order valence-electron chi connectivity index (χ3n) is 0.689. The van der Waals surface area contributed by atoms with Crippen molar-refractivity contribution in [3.63, 3.8) is 0 Å². The second-order valence-corrected chi connectivity index (χ2v) is 2.94. The molecular weight excluding hydrogens is 148 g/mol. The van der Waals surface area contributed by atoms with Crippen molar-refractivity contribution in [1.29, 1.82) is 0 Å². The number of carbonyl (C=O) groups excluding carboxylic acids is 2. The van der Waals surface area contributed by atoms with Gasteiger partial charge in [-0.15, -0.1) is 0 Å². The lowest BCUT2D eigenvalue weighted by molar-refractivity contribution is 0.0365. The van der Waals surface area contributed by atoms with Gasteiger partial charge in [-0.1, -0.05) is 0 Å². The first-order chi connectivity index (χ1) is 4.87. The number of carbonyl (C=O) groups is 1. The maximum Gasteiger partial charge on any atom is 0.432 e. The Morgan fingerprint density at radius 2 is 2.00 bits per heavy atom. The lowest BCUT2D eigenvalue weighted by Gasteiger charge is -2.20. The summed E-state index contributed by atoms with van der Waals surface area (Å²) in [4.78, 5) is 20.5. The van der Waals surface area contributed by atoms with E-state index in [-0.39, 0.29) is 5.01 Å². The molecule has 0 aliphatic carbocycles. The lowest BCUT2D eigenvalue weighted by atomic mass is 10.2. The van der Waals surface area contributed by atoms with Gasteiger partial charge in [-0.25, -0.2) is 10.6 Å². The summed E-state index contributed by atoms with van der Waals surface area (Å²) in [6.45, 7) is 5.01. The van der Waals surface area contributed by atoms with Gasteiger partial charge in [0.05, 0.1) is 0 Å². The first kappa shape index (κ1) is 9.90. The summed E-state index contributed by atoms with van der Waals surface area (Å²) in [5.74, 6) is 4.86. The molecule has 0 atom stereocenters. The molecule has 0 fully saturated rings. The minimum Gasteiger partial charge on any atom is -0.442 e. The van der Waals surface area contributed by atoms with E-state index in [1.807, 2.05) is 0 Å². The molecule has 2 amide bonds. The van der Waals surface area contributed by atoms with E-state index in [9.17, 15) is 9.59 Å². The highest BCUT2D eigenvalue weighted by Gasteiger charge is 2.19. The fourth-order valence-corrected chi connectivity index (χ4v) is 0.348. The number of hydrogen-bond donors (Lipinski definition) is 1. The molecule has 5 heteroatoms. The van der Waals surface area contributed by atoms with Gasteiger partial charge < -0.3 is 4.74 Å². The van der Waals surface area contributed by atoms with Gasteiger partial charge in [0, 0.05) is 0 Å². The van der Waals surface area contributed by atoms with Crippen molar-refractivity contribution in [2.24, 2.45) is 5.84 Å². The van der Waals surface area contributed by atoms with Crippen LogP contribution in [0.3, 0.4) is 0 Å². The van der Waals surface area contributed by atoms with Crippen molar-refractivity contribution in [2.45, 2.75) is 26.4 Å². The number of nitrogens with zero attached hydrogens (tertiary/aromatic N) is 1. The molecule has 2 N–H and O–H groups in total.